The van der Waals surface area contributed by atoms with Gasteiger partial charge in [-0.15, -0.1) is 0 Å². The van der Waals surface area contributed by atoms with Gasteiger partial charge in [0.2, 0.25) is 0 Å². The molecule has 5 heteroatoms. The minimum atomic E-state index is -0.356. The number of methoxy groups -OCH3 is 2. The van der Waals surface area contributed by atoms with Crippen molar-refractivity contribution in [3.05, 3.63) is 23.8 Å². The average molecular weight is 239 g/mol. The lowest BCUT2D eigenvalue weighted by atomic mass is 10.1. The normalized spacial score (nSPS) is 11.9. The Hall–Kier alpha value is -1.75. The van der Waals surface area contributed by atoms with Crippen LogP contribution in [0.2, 0.25) is 0 Å². The van der Waals surface area contributed by atoms with Gasteiger partial charge >= 0.3 is 0 Å². The van der Waals surface area contributed by atoms with Crippen molar-refractivity contribution < 1.29 is 19.4 Å². The van der Waals surface area contributed by atoms with Gasteiger partial charge in [-0.1, -0.05) is 0 Å². The molecule has 0 fully saturated rings. The summed E-state index contributed by atoms with van der Waals surface area (Å²) in [6, 6.07) is 4.38. The Morgan fingerprint density at radius 3 is 2.76 bits per heavy atom. The van der Waals surface area contributed by atoms with Crippen molar-refractivity contribution in [2.75, 3.05) is 20.8 Å². The number of hydrogen-bond acceptors (Lipinski definition) is 4. The number of carbonyl (C=O) groups is 1. The van der Waals surface area contributed by atoms with Crippen molar-refractivity contribution in [2.24, 2.45) is 0 Å². The number of phenolic OH excluding ortho intramolecular Hbond substituents is 1. The zero-order valence-corrected chi connectivity index (χ0v) is 10.2. The highest BCUT2D eigenvalue weighted by atomic mass is 16.5. The van der Waals surface area contributed by atoms with Crippen LogP contribution in [0.4, 0.5) is 0 Å². The lowest BCUT2D eigenvalue weighted by Crippen LogP contribution is -2.35. The summed E-state index contributed by atoms with van der Waals surface area (Å²) in [5.74, 6) is 0.0891. The number of amides is 1. The van der Waals surface area contributed by atoms with Crippen LogP contribution in [0.5, 0.6) is 11.5 Å². The molecule has 0 heterocycles. The molecular formula is C12H17NO4. The molecule has 1 rings (SSSR count). The maximum Gasteiger partial charge on any atom is 0.255 e. The highest BCUT2D eigenvalue weighted by molar-refractivity contribution is 5.97. The smallest absolute Gasteiger partial charge is 0.255 e. The summed E-state index contributed by atoms with van der Waals surface area (Å²) in [5, 5.41) is 12.3. The Balaban J connectivity index is 2.80. The summed E-state index contributed by atoms with van der Waals surface area (Å²) >= 11 is 0. The largest absolute Gasteiger partial charge is 0.507 e. The highest BCUT2D eigenvalue weighted by Crippen LogP contribution is 2.22. The molecule has 0 aliphatic carbocycles. The summed E-state index contributed by atoms with van der Waals surface area (Å²) < 4.78 is 9.91. The minimum absolute atomic E-state index is 0.0760. The van der Waals surface area contributed by atoms with E-state index in [2.05, 4.69) is 5.32 Å². The Morgan fingerprint density at radius 2 is 2.18 bits per heavy atom. The van der Waals surface area contributed by atoms with Crippen molar-refractivity contribution in [1.82, 2.24) is 5.32 Å². The second-order valence-corrected chi connectivity index (χ2v) is 3.71. The first kappa shape index (κ1) is 13.3. The Labute approximate surface area is 100 Å². The molecular weight excluding hydrogens is 222 g/mol. The Morgan fingerprint density at radius 1 is 1.47 bits per heavy atom. The fourth-order valence-electron chi connectivity index (χ4n) is 1.42. The molecule has 17 heavy (non-hydrogen) atoms. The molecule has 2 N–H and O–H groups in total. The van der Waals surface area contributed by atoms with Gasteiger partial charge in [0.05, 0.1) is 19.3 Å². The van der Waals surface area contributed by atoms with Gasteiger partial charge in [-0.25, -0.2) is 0 Å². The van der Waals surface area contributed by atoms with Crippen LogP contribution in [0, 0.1) is 0 Å². The molecule has 1 amide bonds. The van der Waals surface area contributed by atoms with Gasteiger partial charge in [-0.2, -0.15) is 0 Å². The molecule has 5 nitrogen and oxygen atoms in total. The van der Waals surface area contributed by atoms with E-state index >= 15 is 0 Å². The van der Waals surface area contributed by atoms with Crippen molar-refractivity contribution in [2.45, 2.75) is 13.0 Å². The molecule has 0 bridgehead atoms. The van der Waals surface area contributed by atoms with Gasteiger partial charge in [0, 0.05) is 13.2 Å². The number of ether oxygens (including phenoxy) is 2. The quantitative estimate of drug-likeness (QED) is 0.809. The van der Waals surface area contributed by atoms with E-state index in [-0.39, 0.29) is 23.3 Å². The van der Waals surface area contributed by atoms with Gasteiger partial charge < -0.3 is 19.9 Å². The van der Waals surface area contributed by atoms with Crippen LogP contribution in [0.1, 0.15) is 17.3 Å². The van der Waals surface area contributed by atoms with E-state index in [9.17, 15) is 9.90 Å². The zero-order chi connectivity index (χ0) is 12.8. The first-order chi connectivity index (χ1) is 8.08. The van der Waals surface area contributed by atoms with E-state index in [0.717, 1.165) is 0 Å². The molecule has 0 radical (unpaired) electrons. The third-order valence-electron chi connectivity index (χ3n) is 2.24. The van der Waals surface area contributed by atoms with Crippen LogP contribution in [0.15, 0.2) is 18.2 Å². The van der Waals surface area contributed by atoms with Gasteiger partial charge in [-0.3, -0.25) is 4.79 Å². The van der Waals surface area contributed by atoms with Gasteiger partial charge in [0.15, 0.2) is 0 Å². The van der Waals surface area contributed by atoms with E-state index in [1.165, 1.54) is 19.2 Å². The predicted octanol–water partition coefficient (Wildman–Crippen LogP) is 1.17. The molecule has 0 saturated heterocycles. The Bertz CT molecular complexity index is 392. The van der Waals surface area contributed by atoms with Crippen molar-refractivity contribution >= 4 is 5.91 Å². The first-order valence-electron chi connectivity index (χ1n) is 5.25. The summed E-state index contributed by atoms with van der Waals surface area (Å²) in [7, 11) is 3.06. The lowest BCUT2D eigenvalue weighted by molar-refractivity contribution is 0.0902. The molecule has 0 aromatic heterocycles. The van der Waals surface area contributed by atoms with Crippen LogP contribution in [0.3, 0.4) is 0 Å². The fraction of sp³-hybridized carbons (Fsp3) is 0.417. The molecule has 0 spiro atoms. The number of hydrogen-bond donors (Lipinski definition) is 2. The number of aromatic hydroxyl groups is 1. The first-order valence-corrected chi connectivity index (χ1v) is 5.25. The highest BCUT2D eigenvalue weighted by Gasteiger charge is 2.14. The lowest BCUT2D eigenvalue weighted by Gasteiger charge is -2.13. The van der Waals surface area contributed by atoms with E-state index < -0.39 is 0 Å². The minimum Gasteiger partial charge on any atom is -0.507 e. The third-order valence-corrected chi connectivity index (χ3v) is 2.24. The number of carbonyl (C=O) groups excluding carboxylic acids is 1. The number of phenols is 1. The van der Waals surface area contributed by atoms with Crippen LogP contribution in [-0.4, -0.2) is 37.9 Å². The van der Waals surface area contributed by atoms with Gasteiger partial charge in [0.1, 0.15) is 11.5 Å². The van der Waals surface area contributed by atoms with Crippen molar-refractivity contribution in [1.29, 1.82) is 0 Å². The monoisotopic (exact) mass is 239 g/mol. The molecule has 0 saturated carbocycles. The number of benzene rings is 1. The van der Waals surface area contributed by atoms with E-state index in [4.69, 9.17) is 9.47 Å². The maximum absolute atomic E-state index is 11.8. The molecule has 1 aromatic rings. The van der Waals surface area contributed by atoms with E-state index in [1.54, 1.807) is 13.2 Å². The zero-order valence-electron chi connectivity index (χ0n) is 10.2. The SMILES string of the molecule is COCC(C)NC(=O)c1cc(OC)ccc1O. The summed E-state index contributed by atoms with van der Waals surface area (Å²) in [5.41, 5.74) is 0.187. The average Bonchev–Trinajstić information content (AvgIpc) is 2.29. The van der Waals surface area contributed by atoms with Crippen molar-refractivity contribution in [3.63, 3.8) is 0 Å². The van der Waals surface area contributed by atoms with Crippen LogP contribution in [0.25, 0.3) is 0 Å². The summed E-state index contributed by atoms with van der Waals surface area (Å²) in [6.45, 7) is 2.23. The molecule has 1 atom stereocenters. The standard InChI is InChI=1S/C12H17NO4/c1-8(7-16-2)13-12(15)10-6-9(17-3)4-5-11(10)14/h4-6,8,14H,7H2,1-3H3,(H,13,15). The molecule has 1 unspecified atom stereocenters. The van der Waals surface area contributed by atoms with E-state index in [1.807, 2.05) is 6.92 Å². The van der Waals surface area contributed by atoms with Gasteiger partial charge in [0.25, 0.3) is 5.91 Å². The predicted molar refractivity (Wildman–Crippen MR) is 63.5 cm³/mol. The number of nitrogens with one attached hydrogen (secondary N) is 1. The second-order valence-electron chi connectivity index (χ2n) is 3.71. The summed E-state index contributed by atoms with van der Waals surface area (Å²) in [4.78, 5) is 11.8. The van der Waals surface area contributed by atoms with Gasteiger partial charge in [-0.05, 0) is 25.1 Å². The molecule has 0 aliphatic rings. The third kappa shape index (κ3) is 3.64. The molecule has 1 aromatic carbocycles. The topological polar surface area (TPSA) is 67.8 Å². The molecule has 0 aliphatic heterocycles. The van der Waals surface area contributed by atoms with Crippen LogP contribution in [-0.2, 0) is 4.74 Å². The Kier molecular flexibility index (Phi) is 4.78. The van der Waals surface area contributed by atoms with E-state index in [0.29, 0.717) is 12.4 Å². The number of rotatable bonds is 5. The van der Waals surface area contributed by atoms with Crippen LogP contribution >= 0.6 is 0 Å². The maximum atomic E-state index is 11.8. The van der Waals surface area contributed by atoms with Crippen molar-refractivity contribution in [3.8, 4) is 11.5 Å². The molecule has 94 valence electrons. The summed E-state index contributed by atoms with van der Waals surface area (Å²) in [6.07, 6.45) is 0. The fourth-order valence-corrected chi connectivity index (χ4v) is 1.42. The second kappa shape index (κ2) is 6.10. The van der Waals surface area contributed by atoms with Crippen LogP contribution < -0.4 is 10.1 Å².